The van der Waals surface area contributed by atoms with Crippen molar-refractivity contribution in [3.63, 3.8) is 0 Å². The van der Waals surface area contributed by atoms with Crippen molar-refractivity contribution >= 4 is 5.91 Å². The van der Waals surface area contributed by atoms with E-state index in [2.05, 4.69) is 13.8 Å². The molecule has 2 atom stereocenters. The summed E-state index contributed by atoms with van der Waals surface area (Å²) in [6.07, 6.45) is 1.85. The molecule has 0 aromatic heterocycles. The summed E-state index contributed by atoms with van der Waals surface area (Å²) in [5.74, 6) is 0.547. The van der Waals surface area contributed by atoms with Crippen molar-refractivity contribution in [1.82, 2.24) is 4.90 Å². The summed E-state index contributed by atoms with van der Waals surface area (Å²) >= 11 is 0. The van der Waals surface area contributed by atoms with Gasteiger partial charge in [-0.25, -0.2) is 0 Å². The van der Waals surface area contributed by atoms with Crippen LogP contribution < -0.4 is 5.73 Å². The highest BCUT2D eigenvalue weighted by atomic mass is 16.5. The summed E-state index contributed by atoms with van der Waals surface area (Å²) in [4.78, 5) is 13.9. The second-order valence-corrected chi connectivity index (χ2v) is 5.59. The highest BCUT2D eigenvalue weighted by Crippen LogP contribution is 2.29. The number of nitrogens with zero attached hydrogens (tertiary/aromatic N) is 1. The Labute approximate surface area is 97.1 Å². The molecule has 2 unspecified atom stereocenters. The lowest BCUT2D eigenvalue weighted by atomic mass is 9.80. The van der Waals surface area contributed by atoms with Gasteiger partial charge in [0.1, 0.15) is 6.10 Å². The fourth-order valence-electron chi connectivity index (χ4n) is 2.37. The lowest BCUT2D eigenvalue weighted by Gasteiger charge is -2.50. The molecule has 16 heavy (non-hydrogen) atoms. The molecule has 4 heteroatoms. The van der Waals surface area contributed by atoms with Gasteiger partial charge in [-0.15, -0.1) is 0 Å². The number of carbonyl (C=O) groups is 1. The zero-order valence-corrected chi connectivity index (χ0v) is 10.4. The van der Waals surface area contributed by atoms with Crippen LogP contribution in [0, 0.1) is 5.92 Å². The first-order valence-electron chi connectivity index (χ1n) is 6.15. The lowest BCUT2D eigenvalue weighted by molar-refractivity contribution is -0.151. The number of likely N-dealkylation sites (tertiary alicyclic amines) is 1. The van der Waals surface area contributed by atoms with Crippen LogP contribution in [0.1, 0.15) is 33.6 Å². The highest BCUT2D eigenvalue weighted by molar-refractivity contribution is 5.82. The van der Waals surface area contributed by atoms with Gasteiger partial charge >= 0.3 is 0 Å². The lowest BCUT2D eigenvalue weighted by Crippen LogP contribution is -2.72. The first-order chi connectivity index (χ1) is 7.42. The van der Waals surface area contributed by atoms with Crippen LogP contribution in [0.15, 0.2) is 0 Å². The van der Waals surface area contributed by atoms with Gasteiger partial charge in [0.2, 0.25) is 0 Å². The van der Waals surface area contributed by atoms with E-state index in [0.29, 0.717) is 19.0 Å². The molecule has 0 saturated carbocycles. The largest absolute Gasteiger partial charge is 0.365 e. The summed E-state index contributed by atoms with van der Waals surface area (Å²) in [5.41, 5.74) is 5.98. The molecule has 0 spiro atoms. The number of ether oxygens (including phenoxy) is 1. The van der Waals surface area contributed by atoms with E-state index in [0.717, 1.165) is 12.8 Å². The molecule has 2 fully saturated rings. The molecule has 2 N–H and O–H groups in total. The summed E-state index contributed by atoms with van der Waals surface area (Å²) in [7, 11) is 0. The van der Waals surface area contributed by atoms with Crippen molar-refractivity contribution in [2.75, 3.05) is 13.1 Å². The van der Waals surface area contributed by atoms with E-state index >= 15 is 0 Å². The van der Waals surface area contributed by atoms with Gasteiger partial charge in [0.05, 0.1) is 11.6 Å². The van der Waals surface area contributed by atoms with Crippen molar-refractivity contribution < 1.29 is 9.53 Å². The van der Waals surface area contributed by atoms with E-state index in [1.165, 1.54) is 0 Å². The number of amides is 1. The molecule has 2 aliphatic heterocycles. The molecule has 1 amide bonds. The molecule has 2 aliphatic rings. The molecule has 0 aromatic carbocycles. The maximum atomic E-state index is 12.0. The van der Waals surface area contributed by atoms with Gasteiger partial charge < -0.3 is 15.4 Å². The Hall–Kier alpha value is -0.610. The van der Waals surface area contributed by atoms with E-state index in [1.54, 1.807) is 0 Å². The van der Waals surface area contributed by atoms with Crippen LogP contribution in [0.3, 0.4) is 0 Å². The monoisotopic (exact) mass is 226 g/mol. The van der Waals surface area contributed by atoms with E-state index in [9.17, 15) is 4.79 Å². The highest BCUT2D eigenvalue weighted by Gasteiger charge is 2.46. The molecular weight excluding hydrogens is 204 g/mol. The van der Waals surface area contributed by atoms with Crippen molar-refractivity contribution in [3.05, 3.63) is 0 Å². The smallest absolute Gasteiger partial charge is 0.251 e. The fourth-order valence-corrected chi connectivity index (χ4v) is 2.37. The van der Waals surface area contributed by atoms with Gasteiger partial charge in [0.15, 0.2) is 0 Å². The average Bonchev–Trinajstić information content (AvgIpc) is 2.58. The van der Waals surface area contributed by atoms with Crippen molar-refractivity contribution in [2.24, 2.45) is 11.7 Å². The van der Waals surface area contributed by atoms with Crippen LogP contribution in [0.4, 0.5) is 0 Å². The predicted octanol–water partition coefficient (Wildman–Crippen LogP) is 0.750. The van der Waals surface area contributed by atoms with Gasteiger partial charge in [-0.3, -0.25) is 4.79 Å². The quantitative estimate of drug-likeness (QED) is 0.756. The zero-order valence-electron chi connectivity index (χ0n) is 10.4. The van der Waals surface area contributed by atoms with Crippen LogP contribution in [0.2, 0.25) is 0 Å². The first kappa shape index (κ1) is 11.9. The summed E-state index contributed by atoms with van der Waals surface area (Å²) < 4.78 is 5.58. The third-order valence-electron chi connectivity index (χ3n) is 3.94. The Bertz CT molecular complexity index is 285. The Balaban J connectivity index is 1.86. The maximum Gasteiger partial charge on any atom is 0.251 e. The number of hydrogen-bond donors (Lipinski definition) is 1. The second-order valence-electron chi connectivity index (χ2n) is 5.59. The van der Waals surface area contributed by atoms with Crippen LogP contribution in [0.5, 0.6) is 0 Å². The zero-order chi connectivity index (χ0) is 11.9. The van der Waals surface area contributed by atoms with Gasteiger partial charge in [-0.05, 0) is 25.7 Å². The van der Waals surface area contributed by atoms with E-state index in [4.69, 9.17) is 10.5 Å². The van der Waals surface area contributed by atoms with Crippen LogP contribution >= 0.6 is 0 Å². The molecule has 2 rings (SSSR count). The van der Waals surface area contributed by atoms with Crippen LogP contribution in [0.25, 0.3) is 0 Å². The molecule has 2 heterocycles. The van der Waals surface area contributed by atoms with E-state index in [-0.39, 0.29) is 23.7 Å². The minimum Gasteiger partial charge on any atom is -0.365 e. The molecular formula is C12H22N2O2. The Kier molecular flexibility index (Phi) is 2.97. The standard InChI is InChI=1S/C12H22N2O2/c1-8(2)12(13)6-14(7-12)11(15)10-5-4-9(3)16-10/h8-10H,4-7,13H2,1-3H3. The molecule has 2 saturated heterocycles. The number of carbonyl (C=O) groups excluding carboxylic acids is 1. The van der Waals surface area contributed by atoms with Crippen LogP contribution in [-0.2, 0) is 9.53 Å². The van der Waals surface area contributed by atoms with Crippen molar-refractivity contribution in [3.8, 4) is 0 Å². The van der Waals surface area contributed by atoms with Gasteiger partial charge in [-0.1, -0.05) is 13.8 Å². The number of nitrogens with two attached hydrogens (primary N) is 1. The molecule has 0 bridgehead atoms. The van der Waals surface area contributed by atoms with Gasteiger partial charge in [-0.2, -0.15) is 0 Å². The predicted molar refractivity (Wildman–Crippen MR) is 61.9 cm³/mol. The SMILES string of the molecule is CC1CCC(C(=O)N2CC(N)(C(C)C)C2)O1. The maximum absolute atomic E-state index is 12.0. The third-order valence-corrected chi connectivity index (χ3v) is 3.94. The number of hydrogen-bond acceptors (Lipinski definition) is 3. The fraction of sp³-hybridized carbons (Fsp3) is 0.917. The molecule has 0 aliphatic carbocycles. The van der Waals surface area contributed by atoms with E-state index < -0.39 is 0 Å². The minimum atomic E-state index is -0.216. The van der Waals surface area contributed by atoms with Crippen molar-refractivity contribution in [2.45, 2.75) is 51.4 Å². The Morgan fingerprint density at radius 3 is 2.50 bits per heavy atom. The average molecular weight is 226 g/mol. The van der Waals surface area contributed by atoms with Gasteiger partial charge in [0, 0.05) is 13.1 Å². The second kappa shape index (κ2) is 4.00. The molecule has 4 nitrogen and oxygen atoms in total. The topological polar surface area (TPSA) is 55.6 Å². The van der Waals surface area contributed by atoms with Crippen LogP contribution in [-0.4, -0.2) is 41.6 Å². The molecule has 0 radical (unpaired) electrons. The summed E-state index contributed by atoms with van der Waals surface area (Å²) in [6.45, 7) is 7.59. The normalized spacial score (nSPS) is 32.9. The van der Waals surface area contributed by atoms with Crippen molar-refractivity contribution in [1.29, 1.82) is 0 Å². The minimum absolute atomic E-state index is 0.131. The van der Waals surface area contributed by atoms with E-state index in [1.807, 2.05) is 11.8 Å². The van der Waals surface area contributed by atoms with Gasteiger partial charge in [0.25, 0.3) is 5.91 Å². The molecule has 0 aromatic rings. The summed E-state index contributed by atoms with van der Waals surface area (Å²) in [6, 6.07) is 0. The third kappa shape index (κ3) is 1.96. The Morgan fingerprint density at radius 2 is 2.06 bits per heavy atom. The molecule has 92 valence electrons. The summed E-state index contributed by atoms with van der Waals surface area (Å²) in [5, 5.41) is 0. The Morgan fingerprint density at radius 1 is 1.44 bits per heavy atom. The number of rotatable bonds is 2. The first-order valence-corrected chi connectivity index (χ1v) is 6.15.